The van der Waals surface area contributed by atoms with Gasteiger partial charge in [0.1, 0.15) is 0 Å². The lowest BCUT2D eigenvalue weighted by Crippen LogP contribution is -2.37. The molecule has 1 aromatic heterocycles. The Labute approximate surface area is 113 Å². The van der Waals surface area contributed by atoms with Gasteiger partial charge in [0.25, 0.3) is 0 Å². The summed E-state index contributed by atoms with van der Waals surface area (Å²) in [7, 11) is 2.29. The van der Waals surface area contributed by atoms with Gasteiger partial charge in [-0.2, -0.15) is 5.10 Å². The Morgan fingerprint density at radius 2 is 2.11 bits per heavy atom. The molecule has 0 N–H and O–H groups in total. The number of rotatable bonds is 3. The van der Waals surface area contributed by atoms with Gasteiger partial charge in [-0.05, 0) is 32.9 Å². The molecule has 18 heavy (non-hydrogen) atoms. The van der Waals surface area contributed by atoms with E-state index in [1.165, 1.54) is 32.4 Å². The summed E-state index contributed by atoms with van der Waals surface area (Å²) in [6, 6.07) is 1.58. The second-order valence-corrected chi connectivity index (χ2v) is 6.00. The number of hydrogen-bond donors (Lipinski definition) is 0. The Morgan fingerprint density at radius 3 is 2.89 bits per heavy atom. The van der Waals surface area contributed by atoms with E-state index in [4.69, 9.17) is 11.6 Å². The number of nitrogens with zero attached hydrogens (tertiary/aromatic N) is 4. The molecule has 100 valence electrons. The fraction of sp³-hybridized carbons (Fsp3) is 0.769. The van der Waals surface area contributed by atoms with Crippen molar-refractivity contribution in [2.24, 2.45) is 0 Å². The Balaban J connectivity index is 1.54. The minimum absolute atomic E-state index is 0.727. The van der Waals surface area contributed by atoms with Gasteiger partial charge < -0.3 is 0 Å². The minimum atomic E-state index is 0.727. The SMILES string of the molecule is CN1[C@H]2CC[C@@H]1CN(CCn1cc(Cl)cn1)CC2. The smallest absolute Gasteiger partial charge is 0.0785 e. The third kappa shape index (κ3) is 2.56. The van der Waals surface area contributed by atoms with Gasteiger partial charge in [-0.25, -0.2) is 0 Å². The summed E-state index contributed by atoms with van der Waals surface area (Å²) in [5.41, 5.74) is 0. The molecule has 2 atom stereocenters. The normalized spacial score (nSPS) is 29.7. The van der Waals surface area contributed by atoms with Gasteiger partial charge in [-0.15, -0.1) is 0 Å². The zero-order valence-corrected chi connectivity index (χ0v) is 11.7. The van der Waals surface area contributed by atoms with Gasteiger partial charge in [-0.3, -0.25) is 14.5 Å². The molecule has 1 aromatic rings. The zero-order chi connectivity index (χ0) is 12.5. The fourth-order valence-corrected chi connectivity index (χ4v) is 3.44. The van der Waals surface area contributed by atoms with Crippen LogP contribution in [0.3, 0.4) is 0 Å². The Bertz CT molecular complexity index is 405. The highest BCUT2D eigenvalue weighted by atomic mass is 35.5. The highest BCUT2D eigenvalue weighted by molar-refractivity contribution is 6.30. The molecule has 0 unspecified atom stereocenters. The van der Waals surface area contributed by atoms with Crippen molar-refractivity contribution in [2.75, 3.05) is 26.7 Å². The van der Waals surface area contributed by atoms with E-state index in [0.717, 1.165) is 30.2 Å². The molecule has 3 heterocycles. The summed E-state index contributed by atoms with van der Waals surface area (Å²) < 4.78 is 1.94. The molecule has 3 rings (SSSR count). The van der Waals surface area contributed by atoms with Gasteiger partial charge in [0, 0.05) is 31.4 Å². The predicted octanol–water partition coefficient (Wildman–Crippen LogP) is 1.70. The maximum atomic E-state index is 5.87. The molecule has 2 bridgehead atoms. The number of likely N-dealkylation sites (N-methyl/N-ethyl adjacent to an activating group) is 1. The molecule has 5 heteroatoms. The zero-order valence-electron chi connectivity index (χ0n) is 10.9. The first-order valence-corrected chi connectivity index (χ1v) is 7.22. The first-order valence-electron chi connectivity index (χ1n) is 6.84. The van der Waals surface area contributed by atoms with Gasteiger partial charge in [0.2, 0.25) is 0 Å². The van der Waals surface area contributed by atoms with E-state index in [1.54, 1.807) is 6.20 Å². The fourth-order valence-electron chi connectivity index (χ4n) is 3.29. The maximum Gasteiger partial charge on any atom is 0.0785 e. The quantitative estimate of drug-likeness (QED) is 0.834. The van der Waals surface area contributed by atoms with Crippen LogP contribution in [0.1, 0.15) is 19.3 Å². The Morgan fingerprint density at radius 1 is 1.28 bits per heavy atom. The third-order valence-electron chi connectivity index (χ3n) is 4.48. The molecule has 0 spiro atoms. The lowest BCUT2D eigenvalue weighted by Gasteiger charge is -2.25. The van der Waals surface area contributed by atoms with Crippen LogP contribution < -0.4 is 0 Å². The summed E-state index contributed by atoms with van der Waals surface area (Å²) in [5, 5.41) is 4.96. The lowest BCUT2D eigenvalue weighted by atomic mass is 10.1. The third-order valence-corrected chi connectivity index (χ3v) is 4.67. The number of fused-ring (bicyclic) bond motifs is 2. The molecular weight excluding hydrogens is 248 g/mol. The molecule has 0 radical (unpaired) electrons. The molecule has 2 saturated heterocycles. The first kappa shape index (κ1) is 12.5. The highest BCUT2D eigenvalue weighted by Crippen LogP contribution is 2.28. The van der Waals surface area contributed by atoms with E-state index in [1.807, 2.05) is 10.9 Å². The summed E-state index contributed by atoms with van der Waals surface area (Å²) in [6.07, 6.45) is 7.68. The Hall–Kier alpha value is -0.580. The Kier molecular flexibility index (Phi) is 3.59. The second-order valence-electron chi connectivity index (χ2n) is 5.56. The molecule has 0 aliphatic carbocycles. The summed E-state index contributed by atoms with van der Waals surface area (Å²) in [4.78, 5) is 5.17. The molecular formula is C13H21ClN4. The summed E-state index contributed by atoms with van der Waals surface area (Å²) >= 11 is 5.87. The van der Waals surface area contributed by atoms with Crippen molar-refractivity contribution < 1.29 is 0 Å². The van der Waals surface area contributed by atoms with Crippen LogP contribution in [0.5, 0.6) is 0 Å². The molecule has 4 nitrogen and oxygen atoms in total. The average molecular weight is 269 g/mol. The van der Waals surface area contributed by atoms with Crippen molar-refractivity contribution in [1.82, 2.24) is 19.6 Å². The van der Waals surface area contributed by atoms with Crippen molar-refractivity contribution in [3.05, 3.63) is 17.4 Å². The predicted molar refractivity (Wildman–Crippen MR) is 72.9 cm³/mol. The van der Waals surface area contributed by atoms with Crippen molar-refractivity contribution in [3.63, 3.8) is 0 Å². The molecule has 0 saturated carbocycles. The van der Waals surface area contributed by atoms with Crippen molar-refractivity contribution in [3.8, 4) is 0 Å². The van der Waals surface area contributed by atoms with Gasteiger partial charge in [0.05, 0.1) is 17.8 Å². The van der Waals surface area contributed by atoms with E-state index < -0.39 is 0 Å². The van der Waals surface area contributed by atoms with Crippen LogP contribution in [-0.4, -0.2) is 58.3 Å². The van der Waals surface area contributed by atoms with Crippen LogP contribution in [-0.2, 0) is 6.54 Å². The van der Waals surface area contributed by atoms with Crippen LogP contribution in [0.2, 0.25) is 5.02 Å². The molecule has 2 aliphatic heterocycles. The van der Waals surface area contributed by atoms with E-state index in [0.29, 0.717) is 0 Å². The van der Waals surface area contributed by atoms with Crippen LogP contribution in [0, 0.1) is 0 Å². The van der Waals surface area contributed by atoms with Crippen LogP contribution in [0.25, 0.3) is 0 Å². The van der Waals surface area contributed by atoms with E-state index >= 15 is 0 Å². The van der Waals surface area contributed by atoms with Crippen LogP contribution in [0.4, 0.5) is 0 Å². The molecule has 0 amide bonds. The molecule has 2 aliphatic rings. The molecule has 2 fully saturated rings. The first-order chi connectivity index (χ1) is 8.72. The van der Waals surface area contributed by atoms with E-state index in [-0.39, 0.29) is 0 Å². The number of likely N-dealkylation sites (tertiary alicyclic amines) is 1. The van der Waals surface area contributed by atoms with Crippen molar-refractivity contribution in [2.45, 2.75) is 37.9 Å². The van der Waals surface area contributed by atoms with Gasteiger partial charge >= 0.3 is 0 Å². The maximum absolute atomic E-state index is 5.87. The van der Waals surface area contributed by atoms with Gasteiger partial charge in [0.15, 0.2) is 0 Å². The number of halogens is 1. The average Bonchev–Trinajstić information content (AvgIpc) is 2.84. The lowest BCUT2D eigenvalue weighted by molar-refractivity contribution is 0.213. The summed E-state index contributed by atoms with van der Waals surface area (Å²) in [5.74, 6) is 0. The van der Waals surface area contributed by atoms with E-state index in [9.17, 15) is 0 Å². The van der Waals surface area contributed by atoms with Crippen molar-refractivity contribution >= 4 is 11.6 Å². The largest absolute Gasteiger partial charge is 0.300 e. The minimum Gasteiger partial charge on any atom is -0.300 e. The van der Waals surface area contributed by atoms with Crippen LogP contribution >= 0.6 is 11.6 Å². The van der Waals surface area contributed by atoms with E-state index in [2.05, 4.69) is 21.9 Å². The monoisotopic (exact) mass is 268 g/mol. The highest BCUT2D eigenvalue weighted by Gasteiger charge is 2.34. The standard InChI is InChI=1S/C13H21ClN4/c1-16-12-2-3-13(16)10-17(5-4-12)6-7-18-9-11(14)8-15-18/h8-9,12-13H,2-7,10H2,1H3/t12-,13+/m0/s1. The van der Waals surface area contributed by atoms with Crippen molar-refractivity contribution in [1.29, 1.82) is 0 Å². The number of aromatic nitrogens is 2. The number of hydrogen-bond acceptors (Lipinski definition) is 3. The second kappa shape index (κ2) is 5.19. The van der Waals surface area contributed by atoms with Crippen LogP contribution in [0.15, 0.2) is 12.4 Å². The summed E-state index contributed by atoms with van der Waals surface area (Å²) in [6.45, 7) is 4.45. The topological polar surface area (TPSA) is 24.3 Å². The van der Waals surface area contributed by atoms with Gasteiger partial charge in [-0.1, -0.05) is 11.6 Å². The molecule has 0 aromatic carbocycles.